The van der Waals surface area contributed by atoms with Gasteiger partial charge in [0.15, 0.2) is 0 Å². The zero-order chi connectivity index (χ0) is 17.6. The summed E-state index contributed by atoms with van der Waals surface area (Å²) < 4.78 is 0. The Morgan fingerprint density at radius 1 is 1.43 bits per heavy atom. The van der Waals surface area contributed by atoms with Gasteiger partial charge in [-0.25, -0.2) is 0 Å². The van der Waals surface area contributed by atoms with E-state index < -0.39 is 0 Å². The summed E-state index contributed by atoms with van der Waals surface area (Å²) in [6.07, 6.45) is 10.9. The van der Waals surface area contributed by atoms with Gasteiger partial charge in [-0.1, -0.05) is 36.3 Å². The van der Waals surface area contributed by atoms with Gasteiger partial charge in [0.1, 0.15) is 0 Å². The summed E-state index contributed by atoms with van der Waals surface area (Å²) in [6.45, 7) is 11.5. The average Bonchev–Trinajstić information content (AvgIpc) is 2.49. The molecule has 1 aromatic rings. The molecule has 0 spiro atoms. The van der Waals surface area contributed by atoms with Gasteiger partial charge in [0.25, 0.3) is 5.91 Å². The Bertz CT molecular complexity index is 718. The van der Waals surface area contributed by atoms with E-state index in [1.165, 1.54) is 0 Å². The average molecular weight is 328 g/mol. The summed E-state index contributed by atoms with van der Waals surface area (Å²) in [5.41, 5.74) is 2.62. The highest BCUT2D eigenvalue weighted by Crippen LogP contribution is 2.24. The third kappa shape index (κ3) is 5.47. The van der Waals surface area contributed by atoms with E-state index in [4.69, 9.17) is 18.0 Å². The molecule has 120 valence electrons. The molecule has 2 nitrogen and oxygen atoms in total. The summed E-state index contributed by atoms with van der Waals surface area (Å²) in [7, 11) is 0. The molecule has 0 atom stereocenters. The van der Waals surface area contributed by atoms with Crippen LogP contribution in [0.15, 0.2) is 54.3 Å². The summed E-state index contributed by atoms with van der Waals surface area (Å²) >= 11 is 5.96. The van der Waals surface area contributed by atoms with E-state index >= 15 is 0 Å². The molecular formula is C20H22ClNO. The number of carbonyl (C=O) groups excluding carboxylic acids is 1. The van der Waals surface area contributed by atoms with Crippen molar-refractivity contribution in [3.8, 4) is 12.3 Å². The summed E-state index contributed by atoms with van der Waals surface area (Å²) in [4.78, 5) is 12.2. The topological polar surface area (TPSA) is 29.1 Å². The van der Waals surface area contributed by atoms with Gasteiger partial charge in [0.05, 0.1) is 0 Å². The first-order chi connectivity index (χ1) is 10.7. The molecule has 3 heteroatoms. The molecule has 1 rings (SSSR count). The first kappa shape index (κ1) is 18.8. The number of allylic oxidation sites excluding steroid dienone is 5. The highest BCUT2D eigenvalue weighted by atomic mass is 35.5. The lowest BCUT2D eigenvalue weighted by molar-refractivity contribution is 0.0966. The van der Waals surface area contributed by atoms with Crippen LogP contribution in [-0.4, -0.2) is 5.91 Å². The quantitative estimate of drug-likeness (QED) is 0.594. The van der Waals surface area contributed by atoms with Crippen molar-refractivity contribution in [3.05, 3.63) is 70.4 Å². The van der Waals surface area contributed by atoms with E-state index in [2.05, 4.69) is 17.8 Å². The molecule has 1 aromatic carbocycles. The molecule has 0 saturated carbocycles. The number of nitrogens with one attached hydrogen (secondary N) is 1. The molecule has 0 aliphatic carbocycles. The maximum absolute atomic E-state index is 12.2. The van der Waals surface area contributed by atoms with Crippen LogP contribution in [-0.2, 0) is 0 Å². The summed E-state index contributed by atoms with van der Waals surface area (Å²) in [6, 6.07) is 5.18. The van der Waals surface area contributed by atoms with Gasteiger partial charge < -0.3 is 5.32 Å². The summed E-state index contributed by atoms with van der Waals surface area (Å²) in [5.74, 6) is 2.52. The predicted octanol–water partition coefficient (Wildman–Crippen LogP) is 5.05. The van der Waals surface area contributed by atoms with Gasteiger partial charge in [-0.3, -0.25) is 4.79 Å². The highest BCUT2D eigenvalue weighted by Gasteiger charge is 2.15. The minimum atomic E-state index is -0.387. The molecule has 0 fully saturated rings. The minimum Gasteiger partial charge on any atom is -0.326 e. The zero-order valence-corrected chi connectivity index (χ0v) is 14.8. The Morgan fingerprint density at radius 2 is 2.09 bits per heavy atom. The Morgan fingerprint density at radius 3 is 2.65 bits per heavy atom. The Kier molecular flexibility index (Phi) is 6.42. The number of terminal acetylenes is 1. The predicted molar refractivity (Wildman–Crippen MR) is 98.3 cm³/mol. The van der Waals surface area contributed by atoms with Gasteiger partial charge in [0.2, 0.25) is 0 Å². The van der Waals surface area contributed by atoms with Gasteiger partial charge in [-0.05, 0) is 63.1 Å². The standard InChI is InChI=1S/C20H22ClNO/c1-7-20(5,6)15(3)9-8-10-16(4)22-19(23)17-11-12-18(21)14(2)13-17/h1,8-13H,3H2,2,4-6H3,(H,22,23)/b9-8-,16-10+. The molecule has 0 aromatic heterocycles. The van der Waals surface area contributed by atoms with Crippen molar-refractivity contribution in [1.29, 1.82) is 0 Å². The van der Waals surface area contributed by atoms with Crippen molar-refractivity contribution >= 4 is 17.5 Å². The third-order valence-corrected chi connectivity index (χ3v) is 3.96. The van der Waals surface area contributed by atoms with E-state index in [1.54, 1.807) is 24.3 Å². The van der Waals surface area contributed by atoms with Crippen LogP contribution in [0.3, 0.4) is 0 Å². The maximum atomic E-state index is 12.2. The second-order valence-corrected chi connectivity index (χ2v) is 6.33. The van der Waals surface area contributed by atoms with Gasteiger partial charge in [-0.2, -0.15) is 0 Å². The second kappa shape index (κ2) is 7.85. The molecule has 0 radical (unpaired) electrons. The molecule has 23 heavy (non-hydrogen) atoms. The van der Waals surface area contributed by atoms with Crippen molar-refractivity contribution < 1.29 is 4.79 Å². The van der Waals surface area contributed by atoms with Gasteiger partial charge in [-0.15, -0.1) is 6.42 Å². The first-order valence-corrected chi connectivity index (χ1v) is 7.65. The van der Waals surface area contributed by atoms with E-state index in [0.29, 0.717) is 10.6 Å². The molecule has 0 aliphatic heterocycles. The largest absolute Gasteiger partial charge is 0.326 e. The van der Waals surface area contributed by atoms with Gasteiger partial charge >= 0.3 is 0 Å². The number of aryl methyl sites for hydroxylation is 1. The van der Waals surface area contributed by atoms with E-state index in [-0.39, 0.29) is 11.3 Å². The minimum absolute atomic E-state index is 0.172. The number of carbonyl (C=O) groups is 1. The zero-order valence-electron chi connectivity index (χ0n) is 14.0. The van der Waals surface area contributed by atoms with E-state index in [0.717, 1.165) is 16.8 Å². The van der Waals surface area contributed by atoms with Crippen LogP contribution in [0.25, 0.3) is 0 Å². The smallest absolute Gasteiger partial charge is 0.255 e. The van der Waals surface area contributed by atoms with Gasteiger partial charge in [0, 0.05) is 21.7 Å². The Hall–Kier alpha value is -2.24. The van der Waals surface area contributed by atoms with Crippen LogP contribution in [0.2, 0.25) is 5.02 Å². The lowest BCUT2D eigenvalue weighted by Crippen LogP contribution is -2.21. The monoisotopic (exact) mass is 327 g/mol. The van der Waals surface area contributed by atoms with Crippen LogP contribution in [0.1, 0.15) is 36.7 Å². The van der Waals surface area contributed by atoms with Crippen LogP contribution < -0.4 is 5.32 Å². The maximum Gasteiger partial charge on any atom is 0.255 e. The fraction of sp³-hybridized carbons (Fsp3) is 0.250. The molecule has 0 aliphatic rings. The van der Waals surface area contributed by atoms with Crippen LogP contribution in [0.5, 0.6) is 0 Å². The molecular weight excluding hydrogens is 306 g/mol. The molecule has 0 bridgehead atoms. The van der Waals surface area contributed by atoms with E-state index in [9.17, 15) is 4.79 Å². The van der Waals surface area contributed by atoms with Crippen molar-refractivity contribution in [2.24, 2.45) is 5.41 Å². The Balaban J connectivity index is 2.73. The third-order valence-electron chi connectivity index (χ3n) is 3.54. The number of hydrogen-bond acceptors (Lipinski definition) is 1. The fourth-order valence-electron chi connectivity index (χ4n) is 1.69. The van der Waals surface area contributed by atoms with Crippen molar-refractivity contribution in [2.45, 2.75) is 27.7 Å². The first-order valence-electron chi connectivity index (χ1n) is 7.27. The normalized spacial score (nSPS) is 12.1. The number of benzene rings is 1. The van der Waals surface area contributed by atoms with Crippen molar-refractivity contribution in [2.75, 3.05) is 0 Å². The lowest BCUT2D eigenvalue weighted by atomic mass is 9.86. The molecule has 0 unspecified atom stereocenters. The Labute approximate surface area is 143 Å². The number of amides is 1. The number of halogens is 1. The van der Waals surface area contributed by atoms with Crippen molar-refractivity contribution in [1.82, 2.24) is 5.32 Å². The molecule has 0 saturated heterocycles. The second-order valence-electron chi connectivity index (χ2n) is 5.92. The molecule has 1 N–H and O–H groups in total. The molecule has 1 amide bonds. The summed E-state index contributed by atoms with van der Waals surface area (Å²) in [5, 5.41) is 3.47. The number of rotatable bonds is 5. The van der Waals surface area contributed by atoms with E-state index in [1.807, 2.05) is 39.8 Å². The van der Waals surface area contributed by atoms with Crippen LogP contribution in [0, 0.1) is 24.7 Å². The van der Waals surface area contributed by atoms with Crippen LogP contribution in [0.4, 0.5) is 0 Å². The highest BCUT2D eigenvalue weighted by molar-refractivity contribution is 6.31. The lowest BCUT2D eigenvalue weighted by Gasteiger charge is -2.17. The van der Waals surface area contributed by atoms with Crippen molar-refractivity contribution in [3.63, 3.8) is 0 Å². The molecule has 0 heterocycles. The number of hydrogen-bond donors (Lipinski definition) is 1. The fourth-order valence-corrected chi connectivity index (χ4v) is 1.81. The van der Waals surface area contributed by atoms with Crippen LogP contribution >= 0.6 is 11.6 Å². The SMILES string of the molecule is C#CC(C)(C)C(=C)/C=C\C=C(/C)NC(=O)c1ccc(Cl)c(C)c1.